The van der Waals surface area contributed by atoms with Crippen LogP contribution in [0.1, 0.15) is 109 Å². The topological polar surface area (TPSA) is 62.5 Å². The van der Waals surface area contributed by atoms with Crippen LogP contribution in [-0.4, -0.2) is 15.0 Å². The zero-order valence-corrected chi connectivity index (χ0v) is 43.6. The summed E-state index contributed by atoms with van der Waals surface area (Å²) in [5.74, 6) is 6.72. The fourth-order valence-corrected chi connectivity index (χ4v) is 16.6. The number of nitrogens with zero attached hydrogens (tertiary/aromatic N) is 4. The first-order valence-electron chi connectivity index (χ1n) is 27.2. The summed E-state index contributed by atoms with van der Waals surface area (Å²) in [6.45, 7) is 9.90. The normalized spacial score (nSPS) is 25.6. The predicted molar refractivity (Wildman–Crippen MR) is 303 cm³/mol. The highest BCUT2D eigenvalue weighted by atomic mass is 32.1. The van der Waals surface area contributed by atoms with Gasteiger partial charge in [-0.2, -0.15) is 5.26 Å². The van der Waals surface area contributed by atoms with Crippen LogP contribution >= 0.6 is 11.3 Å². The number of benzene rings is 7. The molecule has 0 radical (unpaired) electrons. The molecule has 362 valence electrons. The smallest absolute Gasteiger partial charge is 0.164 e. The number of hydrogen-bond acceptors (Lipinski definition) is 5. The first kappa shape index (κ1) is 46.1. The highest BCUT2D eigenvalue weighted by Gasteiger charge is 2.46. The van der Waals surface area contributed by atoms with Gasteiger partial charge in [0.25, 0.3) is 0 Å². The van der Waals surface area contributed by atoms with E-state index in [2.05, 4.69) is 179 Å². The maximum atomic E-state index is 9.72. The zero-order chi connectivity index (χ0) is 49.4. The van der Waals surface area contributed by atoms with Crippen molar-refractivity contribution in [1.29, 1.82) is 5.26 Å². The molecule has 2 unspecified atom stereocenters. The highest BCUT2D eigenvalue weighted by Crippen LogP contribution is 2.56. The lowest BCUT2D eigenvalue weighted by Gasteiger charge is -2.50. The van der Waals surface area contributed by atoms with Gasteiger partial charge in [-0.05, 0) is 198 Å². The molecule has 0 spiro atoms. The van der Waals surface area contributed by atoms with Crippen LogP contribution in [0.2, 0.25) is 0 Å². The van der Waals surface area contributed by atoms with Crippen LogP contribution < -0.4 is 0 Å². The first-order valence-corrected chi connectivity index (χ1v) is 28.0. The molecule has 4 saturated carbocycles. The lowest BCUT2D eigenvalue weighted by molar-refractivity contribution is 0.0779. The van der Waals surface area contributed by atoms with E-state index < -0.39 is 0 Å². The molecule has 4 nitrogen and oxygen atoms in total. The Kier molecular flexibility index (Phi) is 11.6. The first-order chi connectivity index (χ1) is 35.6. The van der Waals surface area contributed by atoms with E-state index >= 15 is 0 Å². The van der Waals surface area contributed by atoms with Gasteiger partial charge in [0.05, 0.1) is 11.6 Å². The van der Waals surface area contributed by atoms with Crippen LogP contribution in [0.25, 0.3) is 87.7 Å². The standard InChI is InChI=1S/C68H64N4S/c1-42-27-47-28-43(2)36-67(35-42,39-47)56-21-16-49(17-22-56)51-9-7-11-54(32-51)64-70-65(55-12-8-10-52(33-55)53-20-26-63-61(34-53)60-31-46(41-69)15-25-62(60)73-63)72-66(71-64)59-14-6-5-13-58(59)50-18-23-57(24-19-50)68-37-44(3)29-48(40-68)30-45(4)38-68/h5-26,31-34,42-45,47-48H,27-30,35-40H2,1-4H3/t42-,43+,44-,45+,47-,48-,67?,68?. The van der Waals surface area contributed by atoms with Crippen LogP contribution in [0, 0.1) is 46.8 Å². The second kappa shape index (κ2) is 18.3. The third kappa shape index (κ3) is 8.60. The van der Waals surface area contributed by atoms with E-state index in [4.69, 9.17) is 15.0 Å². The van der Waals surface area contributed by atoms with E-state index in [-0.39, 0.29) is 5.41 Å². The summed E-state index contributed by atoms with van der Waals surface area (Å²) < 4.78 is 2.39. The maximum Gasteiger partial charge on any atom is 0.164 e. The van der Waals surface area contributed by atoms with E-state index in [0.29, 0.717) is 28.5 Å². The van der Waals surface area contributed by atoms with E-state index in [9.17, 15) is 5.26 Å². The molecule has 4 fully saturated rings. The van der Waals surface area contributed by atoms with Crippen LogP contribution in [0.3, 0.4) is 0 Å². The van der Waals surface area contributed by atoms with Crippen LogP contribution in [0.15, 0.2) is 158 Å². The molecule has 5 heteroatoms. The predicted octanol–water partition coefficient (Wildman–Crippen LogP) is 18.3. The Morgan fingerprint density at radius 3 is 1.40 bits per heavy atom. The van der Waals surface area contributed by atoms with Crippen LogP contribution in [0.4, 0.5) is 0 Å². The van der Waals surface area contributed by atoms with Crippen LogP contribution in [0.5, 0.6) is 0 Å². The minimum atomic E-state index is 0.275. The number of aromatic nitrogens is 3. The number of rotatable bonds is 8. The monoisotopic (exact) mass is 968 g/mol. The van der Waals surface area contributed by atoms with E-state index in [1.165, 1.54) is 95.9 Å². The maximum absolute atomic E-state index is 9.72. The molecule has 0 aliphatic heterocycles. The fourth-order valence-electron chi connectivity index (χ4n) is 15.5. The SMILES string of the molecule is C[C@@H]1C[C@@H]2C[C@H](C)CC(c3ccc(-c4cccc(-c5nc(-c6cccc(-c7ccc8sc9ccc(C#N)cc9c8c7)c6)nc(-c6ccccc6-c6ccc(C78C[C@H](C)C[C@H](C[C@H](C)C7)C8)cc6)n5)c4)cc3)(C1)C2. The van der Waals surface area contributed by atoms with Crippen molar-refractivity contribution in [3.63, 3.8) is 0 Å². The molecular formula is C68H64N4S. The largest absolute Gasteiger partial charge is 0.208 e. The van der Waals surface area contributed by atoms with E-state index in [0.717, 1.165) is 85.2 Å². The van der Waals surface area contributed by atoms with Gasteiger partial charge in [-0.25, -0.2) is 15.0 Å². The molecule has 73 heavy (non-hydrogen) atoms. The Labute approximate surface area is 435 Å². The Balaban J connectivity index is 0.895. The summed E-state index contributed by atoms with van der Waals surface area (Å²) in [6.07, 6.45) is 13.4. The van der Waals surface area contributed by atoms with Crippen molar-refractivity contribution in [2.45, 2.75) is 103 Å². The lowest BCUT2D eigenvalue weighted by atomic mass is 9.54. The summed E-state index contributed by atoms with van der Waals surface area (Å²) in [6, 6.07) is 60.2. The van der Waals surface area contributed by atoms with Crippen molar-refractivity contribution in [2.24, 2.45) is 35.5 Å². The van der Waals surface area contributed by atoms with Crippen molar-refractivity contribution in [3.05, 3.63) is 174 Å². The molecule has 7 aromatic carbocycles. The molecule has 0 saturated heterocycles. The van der Waals surface area contributed by atoms with Crippen molar-refractivity contribution < 1.29 is 0 Å². The van der Waals surface area contributed by atoms with Crippen molar-refractivity contribution >= 4 is 31.5 Å². The number of thiophene rings is 1. The molecule has 0 N–H and O–H groups in total. The molecule has 4 bridgehead atoms. The fraction of sp³-hybridized carbons (Fsp3) is 0.324. The summed E-state index contributed by atoms with van der Waals surface area (Å²) in [7, 11) is 0. The molecule has 2 aromatic heterocycles. The van der Waals surface area contributed by atoms with Crippen molar-refractivity contribution in [2.75, 3.05) is 0 Å². The molecule has 4 aliphatic carbocycles. The van der Waals surface area contributed by atoms with Gasteiger partial charge in [-0.3, -0.25) is 0 Å². The summed E-state index contributed by atoms with van der Waals surface area (Å²) in [4.78, 5) is 16.1. The minimum Gasteiger partial charge on any atom is -0.208 e. The molecule has 0 amide bonds. The number of fused-ring (bicyclic) bond motifs is 7. The summed E-state index contributed by atoms with van der Waals surface area (Å²) >= 11 is 1.77. The molecule has 2 heterocycles. The van der Waals surface area contributed by atoms with Crippen molar-refractivity contribution in [3.8, 4) is 73.6 Å². The van der Waals surface area contributed by atoms with Crippen LogP contribution in [-0.2, 0) is 10.8 Å². The number of nitriles is 1. The zero-order valence-electron chi connectivity index (χ0n) is 42.7. The third-order valence-electron chi connectivity index (χ3n) is 17.9. The summed E-state index contributed by atoms with van der Waals surface area (Å²) in [5.41, 5.74) is 14.0. The van der Waals surface area contributed by atoms with Crippen molar-refractivity contribution in [1.82, 2.24) is 15.0 Å². The Morgan fingerprint density at radius 2 is 0.849 bits per heavy atom. The van der Waals surface area contributed by atoms with Gasteiger partial charge in [-0.15, -0.1) is 11.3 Å². The second-order valence-corrected chi connectivity index (χ2v) is 24.8. The highest BCUT2D eigenvalue weighted by molar-refractivity contribution is 7.25. The lowest BCUT2D eigenvalue weighted by Crippen LogP contribution is -2.42. The Hall–Kier alpha value is -6.74. The van der Waals surface area contributed by atoms with Gasteiger partial charge in [0.2, 0.25) is 0 Å². The Bertz CT molecular complexity index is 3560. The molecule has 4 aliphatic rings. The van der Waals surface area contributed by atoms with Gasteiger partial charge in [0, 0.05) is 36.9 Å². The quantitative estimate of drug-likeness (QED) is 0.152. The third-order valence-corrected chi connectivity index (χ3v) is 19.0. The molecular weight excluding hydrogens is 905 g/mol. The van der Waals surface area contributed by atoms with Gasteiger partial charge in [0.1, 0.15) is 0 Å². The van der Waals surface area contributed by atoms with E-state index in [1.54, 1.807) is 11.3 Å². The molecule has 8 atom stereocenters. The average Bonchev–Trinajstić information content (AvgIpc) is 3.77. The molecule has 13 rings (SSSR count). The second-order valence-electron chi connectivity index (χ2n) is 23.7. The van der Waals surface area contributed by atoms with Gasteiger partial charge < -0.3 is 0 Å². The Morgan fingerprint density at radius 1 is 0.411 bits per heavy atom. The molecule has 9 aromatic rings. The van der Waals surface area contributed by atoms with E-state index in [1.807, 2.05) is 12.1 Å². The van der Waals surface area contributed by atoms with Gasteiger partial charge in [-0.1, -0.05) is 143 Å². The average molecular weight is 969 g/mol. The van der Waals surface area contributed by atoms with Gasteiger partial charge >= 0.3 is 0 Å². The summed E-state index contributed by atoms with van der Waals surface area (Å²) in [5, 5.41) is 12.0. The van der Waals surface area contributed by atoms with Gasteiger partial charge in [0.15, 0.2) is 17.5 Å². The number of hydrogen-bond donors (Lipinski definition) is 0. The minimum absolute atomic E-state index is 0.275.